The number of aryl methyl sites for hydroxylation is 1. The first-order chi connectivity index (χ1) is 15.0. The third-order valence-electron chi connectivity index (χ3n) is 6.34. The van der Waals surface area contributed by atoms with Crippen LogP contribution in [0.1, 0.15) is 69.3 Å². The van der Waals surface area contributed by atoms with Crippen molar-refractivity contribution in [3.05, 3.63) is 29.6 Å². The van der Waals surface area contributed by atoms with Crippen molar-refractivity contribution >= 4 is 23.6 Å². The fourth-order valence-corrected chi connectivity index (χ4v) is 4.64. The van der Waals surface area contributed by atoms with Gasteiger partial charge in [0, 0.05) is 51.4 Å². The molecular weight excluding hydrogens is 408 g/mol. The third-order valence-corrected chi connectivity index (χ3v) is 6.34. The molecular formula is C24H34N4O4. The molecule has 2 aliphatic heterocycles. The highest BCUT2D eigenvalue weighted by atomic mass is 16.2. The molecule has 0 spiro atoms. The van der Waals surface area contributed by atoms with Crippen LogP contribution in [0.2, 0.25) is 0 Å². The lowest BCUT2D eigenvalue weighted by molar-refractivity contribution is -0.155. The van der Waals surface area contributed by atoms with Crippen molar-refractivity contribution in [2.24, 2.45) is 5.41 Å². The van der Waals surface area contributed by atoms with Crippen LogP contribution >= 0.6 is 0 Å². The van der Waals surface area contributed by atoms with E-state index in [9.17, 15) is 19.2 Å². The molecule has 3 rings (SSSR count). The molecule has 0 radical (unpaired) electrons. The summed E-state index contributed by atoms with van der Waals surface area (Å²) in [6.45, 7) is 8.59. The molecule has 0 aromatic carbocycles. The Bertz CT molecular complexity index is 892. The second kappa shape index (κ2) is 9.38. The number of carbonyl (C=O) groups excluding carboxylic acids is 4. The zero-order valence-electron chi connectivity index (χ0n) is 19.8. The van der Waals surface area contributed by atoms with Crippen molar-refractivity contribution in [3.63, 3.8) is 0 Å². The first-order valence-electron chi connectivity index (χ1n) is 11.4. The fourth-order valence-electron chi connectivity index (χ4n) is 4.64. The predicted octanol–water partition coefficient (Wildman–Crippen LogP) is 2.27. The summed E-state index contributed by atoms with van der Waals surface area (Å²) >= 11 is 0. The Morgan fingerprint density at radius 3 is 2.44 bits per heavy atom. The maximum absolute atomic E-state index is 13.7. The number of carbonyl (C=O) groups is 4. The number of hydrogen-bond acceptors (Lipinski definition) is 5. The maximum Gasteiger partial charge on any atom is 0.255 e. The highest BCUT2D eigenvalue weighted by Crippen LogP contribution is 2.32. The van der Waals surface area contributed by atoms with Crippen molar-refractivity contribution in [1.29, 1.82) is 0 Å². The SMILES string of the molecule is CCc1cncc(C(=O)N(C)CC2CCCN2C(=O)C(N2C(=O)CCC2=O)C(C)(C)C)c1. The summed E-state index contributed by atoms with van der Waals surface area (Å²) in [6.07, 6.45) is 6.02. The molecule has 4 amide bonds. The van der Waals surface area contributed by atoms with Crippen LogP contribution in [0.15, 0.2) is 18.5 Å². The van der Waals surface area contributed by atoms with E-state index in [0.29, 0.717) is 18.7 Å². The predicted molar refractivity (Wildman–Crippen MR) is 120 cm³/mol. The molecule has 32 heavy (non-hydrogen) atoms. The van der Waals surface area contributed by atoms with Crippen LogP contribution in [0.3, 0.4) is 0 Å². The largest absolute Gasteiger partial charge is 0.340 e. The van der Waals surface area contributed by atoms with E-state index in [0.717, 1.165) is 24.8 Å². The molecule has 8 heteroatoms. The number of hydrogen-bond donors (Lipinski definition) is 0. The summed E-state index contributed by atoms with van der Waals surface area (Å²) < 4.78 is 0. The molecule has 8 nitrogen and oxygen atoms in total. The lowest BCUT2D eigenvalue weighted by atomic mass is 9.84. The van der Waals surface area contributed by atoms with Crippen molar-refractivity contribution < 1.29 is 19.2 Å². The Hall–Kier alpha value is -2.77. The summed E-state index contributed by atoms with van der Waals surface area (Å²) in [7, 11) is 1.73. The van der Waals surface area contributed by atoms with Crippen LogP contribution in [0.25, 0.3) is 0 Å². The van der Waals surface area contributed by atoms with E-state index in [-0.39, 0.29) is 42.5 Å². The molecule has 3 heterocycles. The Morgan fingerprint density at radius 2 is 1.84 bits per heavy atom. The molecule has 2 unspecified atom stereocenters. The number of pyridine rings is 1. The molecule has 2 aliphatic rings. The van der Waals surface area contributed by atoms with Crippen molar-refractivity contribution in [2.45, 2.75) is 71.9 Å². The van der Waals surface area contributed by atoms with Crippen LogP contribution in [0, 0.1) is 5.41 Å². The molecule has 1 aromatic heterocycles. The van der Waals surface area contributed by atoms with E-state index in [1.807, 2.05) is 33.8 Å². The molecule has 2 atom stereocenters. The molecule has 0 N–H and O–H groups in total. The summed E-state index contributed by atoms with van der Waals surface area (Å²) in [4.78, 5) is 60.2. The fraction of sp³-hybridized carbons (Fsp3) is 0.625. The lowest BCUT2D eigenvalue weighted by Crippen LogP contribution is -2.58. The van der Waals surface area contributed by atoms with Crippen LogP contribution in [-0.4, -0.2) is 75.5 Å². The van der Waals surface area contributed by atoms with E-state index >= 15 is 0 Å². The summed E-state index contributed by atoms with van der Waals surface area (Å²) in [5.74, 6) is -0.910. The third kappa shape index (κ3) is 4.84. The van der Waals surface area contributed by atoms with Crippen LogP contribution in [0.4, 0.5) is 0 Å². The van der Waals surface area contributed by atoms with Crippen molar-refractivity contribution in [2.75, 3.05) is 20.1 Å². The molecule has 2 fully saturated rings. The average molecular weight is 443 g/mol. The highest BCUT2D eigenvalue weighted by Gasteiger charge is 2.48. The second-order valence-electron chi connectivity index (χ2n) is 9.87. The first kappa shape index (κ1) is 23.9. The Balaban J connectivity index is 1.77. The van der Waals surface area contributed by atoms with E-state index in [4.69, 9.17) is 0 Å². The van der Waals surface area contributed by atoms with Gasteiger partial charge in [-0.3, -0.25) is 29.1 Å². The number of nitrogens with zero attached hydrogens (tertiary/aromatic N) is 4. The zero-order chi connectivity index (χ0) is 23.6. The number of likely N-dealkylation sites (tertiary alicyclic amines) is 2. The van der Waals surface area contributed by atoms with Gasteiger partial charge in [0.15, 0.2) is 0 Å². The monoisotopic (exact) mass is 442 g/mol. The van der Waals surface area contributed by atoms with Gasteiger partial charge in [0.05, 0.1) is 5.56 Å². The normalized spacial score (nSPS) is 20.1. The van der Waals surface area contributed by atoms with Gasteiger partial charge < -0.3 is 9.80 Å². The van der Waals surface area contributed by atoms with Crippen molar-refractivity contribution in [3.8, 4) is 0 Å². The van der Waals surface area contributed by atoms with E-state index in [1.165, 1.54) is 4.90 Å². The minimum Gasteiger partial charge on any atom is -0.340 e. The van der Waals surface area contributed by atoms with Gasteiger partial charge in [-0.25, -0.2) is 0 Å². The summed E-state index contributed by atoms with van der Waals surface area (Å²) in [5, 5.41) is 0. The standard InChI is InChI=1S/C24H34N4O4/c1-6-16-12-17(14-25-13-16)22(31)26(5)15-18-8-7-11-27(18)23(32)21(24(2,3)4)28-19(29)9-10-20(28)30/h12-14,18,21H,6-11,15H2,1-5H3. The van der Waals surface area contributed by atoms with E-state index in [2.05, 4.69) is 4.98 Å². The number of likely N-dealkylation sites (N-methyl/N-ethyl adjacent to an activating group) is 1. The highest BCUT2D eigenvalue weighted by molar-refractivity contribution is 6.06. The van der Waals surface area contributed by atoms with Gasteiger partial charge in [-0.1, -0.05) is 27.7 Å². The van der Waals surface area contributed by atoms with Gasteiger partial charge in [0.25, 0.3) is 5.91 Å². The number of amides is 4. The molecule has 174 valence electrons. The van der Waals surface area contributed by atoms with Gasteiger partial charge in [-0.05, 0) is 36.3 Å². The van der Waals surface area contributed by atoms with E-state index < -0.39 is 11.5 Å². The Kier molecular flexibility index (Phi) is 7.00. The van der Waals surface area contributed by atoms with Crippen LogP contribution < -0.4 is 0 Å². The zero-order valence-corrected chi connectivity index (χ0v) is 19.8. The minimum absolute atomic E-state index is 0.135. The topological polar surface area (TPSA) is 90.9 Å². The Morgan fingerprint density at radius 1 is 1.19 bits per heavy atom. The second-order valence-corrected chi connectivity index (χ2v) is 9.87. The van der Waals surface area contributed by atoms with Gasteiger partial charge in [-0.15, -0.1) is 0 Å². The van der Waals surface area contributed by atoms with Gasteiger partial charge in [0.2, 0.25) is 17.7 Å². The average Bonchev–Trinajstić information content (AvgIpc) is 3.33. The Labute approximate surface area is 189 Å². The van der Waals surface area contributed by atoms with Gasteiger partial charge in [-0.2, -0.15) is 0 Å². The maximum atomic E-state index is 13.7. The molecule has 0 aliphatic carbocycles. The van der Waals surface area contributed by atoms with Crippen molar-refractivity contribution in [1.82, 2.24) is 19.7 Å². The minimum atomic E-state index is -0.836. The van der Waals surface area contributed by atoms with Gasteiger partial charge >= 0.3 is 0 Å². The summed E-state index contributed by atoms with van der Waals surface area (Å²) in [5.41, 5.74) is 0.937. The first-order valence-corrected chi connectivity index (χ1v) is 11.4. The van der Waals surface area contributed by atoms with Crippen LogP contribution in [0.5, 0.6) is 0 Å². The smallest absolute Gasteiger partial charge is 0.255 e. The molecule has 0 bridgehead atoms. The lowest BCUT2D eigenvalue weighted by Gasteiger charge is -2.40. The van der Waals surface area contributed by atoms with Gasteiger partial charge in [0.1, 0.15) is 6.04 Å². The quantitative estimate of drug-likeness (QED) is 0.631. The van der Waals surface area contributed by atoms with E-state index in [1.54, 1.807) is 29.2 Å². The number of imide groups is 1. The molecule has 1 aromatic rings. The van der Waals surface area contributed by atoms with Crippen LogP contribution in [-0.2, 0) is 20.8 Å². The molecule has 2 saturated heterocycles. The molecule has 0 saturated carbocycles. The summed E-state index contributed by atoms with van der Waals surface area (Å²) in [6, 6.07) is 0.859. The number of rotatable bonds is 6. The number of aromatic nitrogens is 1.